The molecule has 36 heavy (non-hydrogen) atoms. The molecule has 2 heterocycles. The molecule has 1 aromatic heterocycles. The zero-order valence-corrected chi connectivity index (χ0v) is 20.3. The highest BCUT2D eigenvalue weighted by Crippen LogP contribution is 2.32. The first-order chi connectivity index (χ1) is 17.2. The summed E-state index contributed by atoms with van der Waals surface area (Å²) in [5, 5.41) is 11.8. The number of likely N-dealkylation sites (tertiary alicyclic amines) is 1. The molecule has 0 spiro atoms. The average molecular weight is 500 g/mol. The summed E-state index contributed by atoms with van der Waals surface area (Å²) < 4.78 is 48.4. The number of aliphatic hydroxyl groups is 1. The quantitative estimate of drug-likeness (QED) is 0.447. The molecule has 190 valence electrons. The van der Waals surface area contributed by atoms with Gasteiger partial charge in [-0.3, -0.25) is 14.7 Å². The summed E-state index contributed by atoms with van der Waals surface area (Å²) in [6, 6.07) is 11.2. The van der Waals surface area contributed by atoms with E-state index in [1.807, 2.05) is 13.0 Å². The summed E-state index contributed by atoms with van der Waals surface area (Å²) in [7, 11) is 0. The van der Waals surface area contributed by atoms with Gasteiger partial charge in [0.2, 0.25) is 0 Å². The van der Waals surface area contributed by atoms with E-state index in [4.69, 9.17) is 9.84 Å². The monoisotopic (exact) mass is 499 g/mol. The molecule has 2 aromatic carbocycles. The molecule has 1 saturated heterocycles. The average Bonchev–Trinajstić information content (AvgIpc) is 2.84. The van der Waals surface area contributed by atoms with Gasteiger partial charge in [-0.25, -0.2) is 13.2 Å². The SMILES string of the molecule is Cc1cc(-c2ccc(OC3CN(C(F)c4ccc(C)c(F)c4F)C3)cn2)ccc1C(=O)N[C@@H](C)CO. The molecular weight excluding hydrogens is 471 g/mol. The Kier molecular flexibility index (Phi) is 7.61. The van der Waals surface area contributed by atoms with Crippen LogP contribution >= 0.6 is 0 Å². The van der Waals surface area contributed by atoms with Crippen LogP contribution in [-0.4, -0.2) is 52.7 Å². The molecule has 1 aliphatic rings. The number of alkyl halides is 1. The van der Waals surface area contributed by atoms with Crippen molar-refractivity contribution in [3.05, 3.63) is 82.5 Å². The van der Waals surface area contributed by atoms with Gasteiger partial charge in [0, 0.05) is 35.8 Å². The normalized spacial score (nSPS) is 15.8. The lowest BCUT2D eigenvalue weighted by molar-refractivity contribution is -0.0553. The summed E-state index contributed by atoms with van der Waals surface area (Å²) in [6.45, 7) is 5.30. The van der Waals surface area contributed by atoms with E-state index in [2.05, 4.69) is 10.3 Å². The number of hydrogen-bond acceptors (Lipinski definition) is 5. The molecule has 1 unspecified atom stereocenters. The maximum atomic E-state index is 14.7. The van der Waals surface area contributed by atoms with Crippen molar-refractivity contribution in [1.82, 2.24) is 15.2 Å². The number of hydrogen-bond donors (Lipinski definition) is 2. The van der Waals surface area contributed by atoms with Gasteiger partial charge in [-0.15, -0.1) is 0 Å². The van der Waals surface area contributed by atoms with Gasteiger partial charge in [0.25, 0.3) is 5.91 Å². The Hall–Kier alpha value is -3.43. The first-order valence-electron chi connectivity index (χ1n) is 11.7. The maximum absolute atomic E-state index is 14.7. The lowest BCUT2D eigenvalue weighted by atomic mass is 10.0. The standard InChI is InChI=1S/C27H28F3N3O3/c1-15-4-7-22(25(29)24(15)28)26(30)33-12-20(13-33)36-19-6-9-23(31-11-19)18-5-8-21(16(2)10-18)27(35)32-17(3)14-34/h4-11,17,20,26,34H,12-14H2,1-3H3,(H,32,35)/t17-,26?/m0/s1. The van der Waals surface area contributed by atoms with E-state index in [9.17, 15) is 18.0 Å². The van der Waals surface area contributed by atoms with Gasteiger partial charge in [0.1, 0.15) is 11.9 Å². The molecule has 0 saturated carbocycles. The Balaban J connectivity index is 1.34. The minimum atomic E-state index is -1.75. The van der Waals surface area contributed by atoms with Crippen LogP contribution in [0.15, 0.2) is 48.7 Å². The van der Waals surface area contributed by atoms with Crippen LogP contribution in [-0.2, 0) is 0 Å². The minimum absolute atomic E-state index is 0.133. The molecule has 6 nitrogen and oxygen atoms in total. The summed E-state index contributed by atoms with van der Waals surface area (Å²) in [6.07, 6.45) is -0.477. The minimum Gasteiger partial charge on any atom is -0.486 e. The van der Waals surface area contributed by atoms with Crippen molar-refractivity contribution in [2.24, 2.45) is 0 Å². The van der Waals surface area contributed by atoms with Crippen LogP contribution in [0.4, 0.5) is 13.2 Å². The zero-order valence-electron chi connectivity index (χ0n) is 20.3. The molecule has 4 rings (SSSR count). The number of carbonyl (C=O) groups is 1. The van der Waals surface area contributed by atoms with Gasteiger partial charge in [-0.05, 0) is 56.2 Å². The Morgan fingerprint density at radius 3 is 2.53 bits per heavy atom. The number of carbonyl (C=O) groups excluding carboxylic acids is 1. The maximum Gasteiger partial charge on any atom is 0.251 e. The number of aliphatic hydroxyl groups excluding tert-OH is 1. The number of aryl methyl sites for hydroxylation is 2. The molecule has 1 aliphatic heterocycles. The predicted molar refractivity (Wildman–Crippen MR) is 129 cm³/mol. The van der Waals surface area contributed by atoms with Crippen LogP contribution in [0.3, 0.4) is 0 Å². The van der Waals surface area contributed by atoms with Gasteiger partial charge >= 0.3 is 0 Å². The van der Waals surface area contributed by atoms with Crippen molar-refractivity contribution in [2.75, 3.05) is 19.7 Å². The summed E-state index contributed by atoms with van der Waals surface area (Å²) in [5.41, 5.74) is 2.63. The van der Waals surface area contributed by atoms with Crippen LogP contribution in [0.2, 0.25) is 0 Å². The lowest BCUT2D eigenvalue weighted by Gasteiger charge is -2.40. The third-order valence-corrected chi connectivity index (χ3v) is 6.22. The van der Waals surface area contributed by atoms with Gasteiger partial charge < -0.3 is 15.2 Å². The third kappa shape index (κ3) is 5.37. The Labute approximate surface area is 207 Å². The molecule has 9 heteroatoms. The molecule has 1 amide bonds. The second-order valence-corrected chi connectivity index (χ2v) is 9.10. The smallest absolute Gasteiger partial charge is 0.251 e. The number of nitrogens with zero attached hydrogens (tertiary/aromatic N) is 2. The second-order valence-electron chi connectivity index (χ2n) is 9.10. The molecule has 2 atom stereocenters. The largest absolute Gasteiger partial charge is 0.486 e. The number of rotatable bonds is 8. The number of ether oxygens (including phenoxy) is 1. The fourth-order valence-corrected chi connectivity index (χ4v) is 4.01. The molecule has 2 N–H and O–H groups in total. The van der Waals surface area contributed by atoms with E-state index in [0.717, 1.165) is 11.1 Å². The van der Waals surface area contributed by atoms with Gasteiger partial charge in [-0.2, -0.15) is 0 Å². The van der Waals surface area contributed by atoms with Crippen molar-refractivity contribution >= 4 is 5.91 Å². The topological polar surface area (TPSA) is 74.7 Å². The molecule has 0 radical (unpaired) electrons. The van der Waals surface area contributed by atoms with E-state index >= 15 is 0 Å². The van der Waals surface area contributed by atoms with E-state index in [-0.39, 0.29) is 48.9 Å². The summed E-state index contributed by atoms with van der Waals surface area (Å²) in [5.74, 6) is -1.93. The number of halogens is 3. The number of pyridine rings is 1. The molecule has 0 bridgehead atoms. The number of amides is 1. The molecule has 1 fully saturated rings. The van der Waals surface area contributed by atoms with Crippen LogP contribution < -0.4 is 10.1 Å². The summed E-state index contributed by atoms with van der Waals surface area (Å²) in [4.78, 5) is 18.1. The van der Waals surface area contributed by atoms with E-state index in [1.165, 1.54) is 24.0 Å². The Morgan fingerprint density at radius 1 is 1.14 bits per heavy atom. The summed E-state index contributed by atoms with van der Waals surface area (Å²) >= 11 is 0. The fourth-order valence-electron chi connectivity index (χ4n) is 4.01. The van der Waals surface area contributed by atoms with Gasteiger partial charge in [-0.1, -0.05) is 18.2 Å². The van der Waals surface area contributed by atoms with Gasteiger partial charge in [0.15, 0.2) is 17.9 Å². The van der Waals surface area contributed by atoms with Crippen LogP contribution in [0.5, 0.6) is 5.75 Å². The number of benzene rings is 2. The molecule has 0 aliphatic carbocycles. The van der Waals surface area contributed by atoms with Crippen molar-refractivity contribution in [2.45, 2.75) is 39.2 Å². The number of aromatic nitrogens is 1. The highest BCUT2D eigenvalue weighted by Gasteiger charge is 2.36. The van der Waals surface area contributed by atoms with E-state index in [1.54, 1.807) is 37.4 Å². The molecular formula is C27H28F3N3O3. The Morgan fingerprint density at radius 2 is 1.89 bits per heavy atom. The highest BCUT2D eigenvalue weighted by molar-refractivity contribution is 5.96. The highest BCUT2D eigenvalue weighted by atomic mass is 19.2. The van der Waals surface area contributed by atoms with Crippen LogP contribution in [0, 0.1) is 25.5 Å². The van der Waals surface area contributed by atoms with Crippen molar-refractivity contribution in [1.29, 1.82) is 0 Å². The van der Waals surface area contributed by atoms with Crippen molar-refractivity contribution in [3.8, 4) is 17.0 Å². The first-order valence-corrected chi connectivity index (χ1v) is 11.7. The fraction of sp³-hybridized carbons (Fsp3) is 0.333. The van der Waals surface area contributed by atoms with Crippen molar-refractivity contribution in [3.63, 3.8) is 0 Å². The van der Waals surface area contributed by atoms with Gasteiger partial charge in [0.05, 0.1) is 18.5 Å². The van der Waals surface area contributed by atoms with Crippen molar-refractivity contribution < 1.29 is 27.8 Å². The predicted octanol–water partition coefficient (Wildman–Crippen LogP) is 4.49. The molecule has 3 aromatic rings. The van der Waals surface area contributed by atoms with E-state index < -0.39 is 17.9 Å². The number of nitrogens with one attached hydrogen (secondary N) is 1. The third-order valence-electron chi connectivity index (χ3n) is 6.22. The van der Waals surface area contributed by atoms with Crippen LogP contribution in [0.1, 0.15) is 40.3 Å². The second kappa shape index (κ2) is 10.7. The van der Waals surface area contributed by atoms with Crippen LogP contribution in [0.25, 0.3) is 11.3 Å². The zero-order chi connectivity index (χ0) is 26.0. The van der Waals surface area contributed by atoms with E-state index in [0.29, 0.717) is 17.0 Å². The Bertz CT molecular complexity index is 1250. The first kappa shape index (κ1) is 25.7. The lowest BCUT2D eigenvalue weighted by Crippen LogP contribution is -2.54.